The summed E-state index contributed by atoms with van der Waals surface area (Å²) in [6.45, 7) is 8.59. The van der Waals surface area contributed by atoms with Crippen LogP contribution >= 0.6 is 11.3 Å². The van der Waals surface area contributed by atoms with E-state index in [1.165, 1.54) is 27.1 Å². The van der Waals surface area contributed by atoms with Crippen LogP contribution in [0.25, 0.3) is 0 Å². The molecule has 2 heteroatoms. The Balaban J connectivity index is 1.87. The third-order valence-corrected chi connectivity index (χ3v) is 4.21. The van der Waals surface area contributed by atoms with Gasteiger partial charge in [0.25, 0.3) is 0 Å². The first-order chi connectivity index (χ1) is 8.66. The van der Waals surface area contributed by atoms with E-state index in [1.54, 1.807) is 0 Å². The van der Waals surface area contributed by atoms with Crippen molar-refractivity contribution in [3.8, 4) is 0 Å². The normalized spacial score (nSPS) is 10.8. The standard InChI is InChI=1S/C16H21NS/c1-12-9-13(2)16(14(3)10-12)11-17-7-6-15-5-4-8-18-15/h4-5,8-10,17H,6-7,11H2,1-3H3. The molecule has 0 atom stereocenters. The molecule has 96 valence electrons. The summed E-state index contributed by atoms with van der Waals surface area (Å²) in [5.41, 5.74) is 5.60. The van der Waals surface area contributed by atoms with Gasteiger partial charge in [0, 0.05) is 18.0 Å². The topological polar surface area (TPSA) is 12.0 Å². The van der Waals surface area contributed by atoms with Crippen molar-refractivity contribution >= 4 is 11.3 Å². The van der Waals surface area contributed by atoms with Crippen LogP contribution in [-0.4, -0.2) is 6.54 Å². The Morgan fingerprint density at radius 2 is 1.83 bits per heavy atom. The lowest BCUT2D eigenvalue weighted by atomic mass is 10.00. The zero-order chi connectivity index (χ0) is 13.0. The lowest BCUT2D eigenvalue weighted by molar-refractivity contribution is 0.685. The minimum absolute atomic E-state index is 0.976. The number of hydrogen-bond donors (Lipinski definition) is 1. The molecule has 0 amide bonds. The third-order valence-electron chi connectivity index (χ3n) is 3.27. The van der Waals surface area contributed by atoms with Crippen LogP contribution in [0, 0.1) is 20.8 Å². The van der Waals surface area contributed by atoms with Crippen LogP contribution in [0.4, 0.5) is 0 Å². The molecule has 0 bridgehead atoms. The van der Waals surface area contributed by atoms with E-state index in [0.29, 0.717) is 0 Å². The smallest absolute Gasteiger partial charge is 0.0210 e. The number of nitrogens with one attached hydrogen (secondary N) is 1. The molecular formula is C16H21NS. The highest BCUT2D eigenvalue weighted by atomic mass is 32.1. The summed E-state index contributed by atoms with van der Waals surface area (Å²) in [4.78, 5) is 1.46. The molecule has 1 aromatic carbocycles. The summed E-state index contributed by atoms with van der Waals surface area (Å²) < 4.78 is 0. The molecule has 1 nitrogen and oxygen atoms in total. The van der Waals surface area contributed by atoms with E-state index in [4.69, 9.17) is 0 Å². The average Bonchev–Trinajstić information content (AvgIpc) is 2.79. The van der Waals surface area contributed by atoms with E-state index in [9.17, 15) is 0 Å². The second-order valence-electron chi connectivity index (χ2n) is 4.88. The summed E-state index contributed by atoms with van der Waals surface area (Å²) in [5.74, 6) is 0. The Morgan fingerprint density at radius 1 is 1.11 bits per heavy atom. The van der Waals surface area contributed by atoms with Gasteiger partial charge in [0.15, 0.2) is 0 Å². The van der Waals surface area contributed by atoms with E-state index >= 15 is 0 Å². The van der Waals surface area contributed by atoms with Crippen molar-refractivity contribution < 1.29 is 0 Å². The molecule has 0 unspecified atom stereocenters. The highest BCUT2D eigenvalue weighted by Crippen LogP contribution is 2.16. The first kappa shape index (κ1) is 13.3. The lowest BCUT2D eigenvalue weighted by Gasteiger charge is -2.12. The fourth-order valence-electron chi connectivity index (χ4n) is 2.37. The average molecular weight is 259 g/mol. The predicted molar refractivity (Wildman–Crippen MR) is 80.4 cm³/mol. The Labute approximate surface area is 114 Å². The minimum atomic E-state index is 0.976. The SMILES string of the molecule is Cc1cc(C)c(CNCCc2cccs2)c(C)c1. The van der Waals surface area contributed by atoms with E-state index in [-0.39, 0.29) is 0 Å². The largest absolute Gasteiger partial charge is 0.312 e. The van der Waals surface area contributed by atoms with Gasteiger partial charge in [-0.2, -0.15) is 0 Å². The van der Waals surface area contributed by atoms with Crippen molar-refractivity contribution in [1.82, 2.24) is 5.32 Å². The van der Waals surface area contributed by atoms with Crippen LogP contribution in [-0.2, 0) is 13.0 Å². The Bertz CT molecular complexity index is 477. The number of rotatable bonds is 5. The molecule has 0 saturated carbocycles. The van der Waals surface area contributed by atoms with Crippen LogP contribution in [0.2, 0.25) is 0 Å². The summed E-state index contributed by atoms with van der Waals surface area (Å²) >= 11 is 1.84. The van der Waals surface area contributed by atoms with Gasteiger partial charge >= 0.3 is 0 Å². The second-order valence-corrected chi connectivity index (χ2v) is 5.92. The highest BCUT2D eigenvalue weighted by molar-refractivity contribution is 7.09. The van der Waals surface area contributed by atoms with Gasteiger partial charge in [-0.1, -0.05) is 23.8 Å². The summed E-state index contributed by atoms with van der Waals surface area (Å²) in [6.07, 6.45) is 1.13. The summed E-state index contributed by atoms with van der Waals surface area (Å²) in [6, 6.07) is 8.86. The lowest BCUT2D eigenvalue weighted by Crippen LogP contribution is -2.17. The Kier molecular flexibility index (Phi) is 4.56. The van der Waals surface area contributed by atoms with Gasteiger partial charge in [0.2, 0.25) is 0 Å². The number of thiophene rings is 1. The molecule has 0 radical (unpaired) electrons. The number of aryl methyl sites for hydroxylation is 3. The van der Waals surface area contributed by atoms with Gasteiger partial charge in [-0.05, 0) is 55.3 Å². The molecule has 0 aliphatic rings. The summed E-state index contributed by atoms with van der Waals surface area (Å²) in [5, 5.41) is 5.69. The van der Waals surface area contributed by atoms with Crippen LogP contribution < -0.4 is 5.32 Å². The van der Waals surface area contributed by atoms with Gasteiger partial charge in [0.05, 0.1) is 0 Å². The van der Waals surface area contributed by atoms with Crippen LogP contribution in [0.1, 0.15) is 27.1 Å². The first-order valence-corrected chi connectivity index (χ1v) is 7.34. The maximum absolute atomic E-state index is 3.55. The predicted octanol–water partition coefficient (Wildman–Crippen LogP) is 4.01. The second kappa shape index (κ2) is 6.17. The molecular weight excluding hydrogens is 238 g/mol. The quantitative estimate of drug-likeness (QED) is 0.800. The molecule has 0 saturated heterocycles. The Morgan fingerprint density at radius 3 is 2.44 bits per heavy atom. The third kappa shape index (κ3) is 3.44. The molecule has 0 spiro atoms. The van der Waals surface area contributed by atoms with Gasteiger partial charge in [0.1, 0.15) is 0 Å². The van der Waals surface area contributed by atoms with Crippen molar-refractivity contribution in [3.63, 3.8) is 0 Å². The fraction of sp³-hybridized carbons (Fsp3) is 0.375. The van der Waals surface area contributed by atoms with Gasteiger partial charge in [-0.3, -0.25) is 0 Å². The van der Waals surface area contributed by atoms with E-state index in [2.05, 4.69) is 55.7 Å². The van der Waals surface area contributed by atoms with E-state index < -0.39 is 0 Å². The van der Waals surface area contributed by atoms with Crippen molar-refractivity contribution in [2.45, 2.75) is 33.7 Å². The van der Waals surface area contributed by atoms with E-state index in [1.807, 2.05) is 11.3 Å². The van der Waals surface area contributed by atoms with Gasteiger partial charge < -0.3 is 5.32 Å². The maximum Gasteiger partial charge on any atom is 0.0210 e. The first-order valence-electron chi connectivity index (χ1n) is 6.46. The molecule has 0 aliphatic heterocycles. The molecule has 1 N–H and O–H groups in total. The van der Waals surface area contributed by atoms with Crippen molar-refractivity contribution in [3.05, 3.63) is 56.8 Å². The minimum Gasteiger partial charge on any atom is -0.312 e. The molecule has 0 aliphatic carbocycles. The zero-order valence-corrected chi connectivity index (χ0v) is 12.2. The summed E-state index contributed by atoms with van der Waals surface area (Å²) in [7, 11) is 0. The highest BCUT2D eigenvalue weighted by Gasteiger charge is 2.03. The van der Waals surface area contributed by atoms with Crippen molar-refractivity contribution in [1.29, 1.82) is 0 Å². The van der Waals surface area contributed by atoms with Crippen molar-refractivity contribution in [2.24, 2.45) is 0 Å². The number of hydrogen-bond acceptors (Lipinski definition) is 2. The van der Waals surface area contributed by atoms with E-state index in [0.717, 1.165) is 19.5 Å². The molecule has 0 fully saturated rings. The molecule has 18 heavy (non-hydrogen) atoms. The fourth-order valence-corrected chi connectivity index (χ4v) is 3.08. The van der Waals surface area contributed by atoms with Crippen LogP contribution in [0.15, 0.2) is 29.6 Å². The molecule has 1 heterocycles. The number of benzene rings is 1. The zero-order valence-electron chi connectivity index (χ0n) is 11.4. The molecule has 1 aromatic heterocycles. The molecule has 2 rings (SSSR count). The monoisotopic (exact) mass is 259 g/mol. The van der Waals surface area contributed by atoms with Crippen molar-refractivity contribution in [2.75, 3.05) is 6.54 Å². The molecule has 2 aromatic rings. The van der Waals surface area contributed by atoms with Crippen LogP contribution in [0.5, 0.6) is 0 Å². The maximum atomic E-state index is 3.55. The van der Waals surface area contributed by atoms with Gasteiger partial charge in [-0.15, -0.1) is 11.3 Å². The van der Waals surface area contributed by atoms with Gasteiger partial charge in [-0.25, -0.2) is 0 Å². The Hall–Kier alpha value is -1.12. The van der Waals surface area contributed by atoms with Crippen LogP contribution in [0.3, 0.4) is 0 Å².